The fourth-order valence-corrected chi connectivity index (χ4v) is 3.02. The molecule has 0 atom stereocenters. The van der Waals surface area contributed by atoms with E-state index in [2.05, 4.69) is 0 Å². The number of methoxy groups -OCH3 is 1. The van der Waals surface area contributed by atoms with E-state index in [0.717, 1.165) is 18.4 Å². The van der Waals surface area contributed by atoms with Crippen molar-refractivity contribution in [3.05, 3.63) is 64.2 Å². The zero-order valence-electron chi connectivity index (χ0n) is 14.2. The first-order valence-corrected chi connectivity index (χ1v) is 8.45. The lowest BCUT2D eigenvalue weighted by Crippen LogP contribution is -2.23. The molecule has 5 heteroatoms. The van der Waals surface area contributed by atoms with Crippen LogP contribution in [-0.2, 0) is 21.6 Å². The van der Waals surface area contributed by atoms with Crippen LogP contribution in [0.3, 0.4) is 0 Å². The number of esters is 1. The molecule has 0 saturated heterocycles. The number of halogens is 1. The summed E-state index contributed by atoms with van der Waals surface area (Å²) in [6.45, 7) is 1.57. The van der Waals surface area contributed by atoms with Gasteiger partial charge >= 0.3 is 5.97 Å². The highest BCUT2D eigenvalue weighted by molar-refractivity contribution is 6.30. The smallest absolute Gasteiger partial charge is 0.316 e. The van der Waals surface area contributed by atoms with Crippen LogP contribution >= 0.6 is 11.6 Å². The van der Waals surface area contributed by atoms with Crippen molar-refractivity contribution >= 4 is 23.4 Å². The highest BCUT2D eigenvalue weighted by atomic mass is 35.5. The van der Waals surface area contributed by atoms with Gasteiger partial charge in [-0.1, -0.05) is 23.7 Å². The zero-order valence-corrected chi connectivity index (χ0v) is 14.9. The fraction of sp³-hybridized carbons (Fsp3) is 0.300. The summed E-state index contributed by atoms with van der Waals surface area (Å²) in [6.07, 6.45) is 1.52. The second kappa shape index (κ2) is 6.89. The van der Waals surface area contributed by atoms with Crippen molar-refractivity contribution in [3.8, 4) is 5.75 Å². The number of carbonyl (C=O) groups excluding carboxylic acids is 2. The molecule has 1 aliphatic carbocycles. The molecule has 130 valence electrons. The molecule has 0 spiro atoms. The van der Waals surface area contributed by atoms with E-state index < -0.39 is 5.41 Å². The lowest BCUT2D eigenvalue weighted by molar-refractivity contribution is -0.148. The quantitative estimate of drug-likeness (QED) is 0.569. The molecule has 0 bridgehead atoms. The minimum absolute atomic E-state index is 0.0462. The van der Waals surface area contributed by atoms with E-state index in [-0.39, 0.29) is 18.4 Å². The van der Waals surface area contributed by atoms with Gasteiger partial charge in [0.25, 0.3) is 0 Å². The van der Waals surface area contributed by atoms with Crippen LogP contribution in [-0.4, -0.2) is 18.9 Å². The molecule has 2 aromatic rings. The minimum atomic E-state index is -0.573. The fourth-order valence-electron chi connectivity index (χ4n) is 2.90. The second-order valence-electron chi connectivity index (χ2n) is 6.25. The molecule has 1 aliphatic rings. The average molecular weight is 359 g/mol. The number of ether oxygens (including phenoxy) is 2. The molecule has 1 saturated carbocycles. The number of hydrogen-bond donors (Lipinski definition) is 0. The van der Waals surface area contributed by atoms with Crippen molar-refractivity contribution in [2.45, 2.75) is 31.8 Å². The predicted molar refractivity (Wildman–Crippen MR) is 95.2 cm³/mol. The van der Waals surface area contributed by atoms with Crippen LogP contribution in [0.25, 0.3) is 0 Å². The van der Waals surface area contributed by atoms with Gasteiger partial charge in [0, 0.05) is 16.1 Å². The Balaban J connectivity index is 1.75. The highest BCUT2D eigenvalue weighted by Crippen LogP contribution is 2.49. The van der Waals surface area contributed by atoms with Crippen LogP contribution in [0.1, 0.15) is 41.3 Å². The second-order valence-corrected chi connectivity index (χ2v) is 6.68. The van der Waals surface area contributed by atoms with Crippen LogP contribution in [0, 0.1) is 0 Å². The molecule has 0 aliphatic heterocycles. The van der Waals surface area contributed by atoms with Gasteiger partial charge < -0.3 is 9.47 Å². The maximum Gasteiger partial charge on any atom is 0.316 e. The summed E-state index contributed by atoms with van der Waals surface area (Å²) >= 11 is 5.92. The van der Waals surface area contributed by atoms with Gasteiger partial charge in [-0.2, -0.15) is 0 Å². The molecule has 0 unspecified atom stereocenters. The largest absolute Gasteiger partial charge is 0.496 e. The third kappa shape index (κ3) is 3.54. The summed E-state index contributed by atoms with van der Waals surface area (Å²) in [5, 5.41) is 0.638. The molecular weight excluding hydrogens is 340 g/mol. The van der Waals surface area contributed by atoms with E-state index >= 15 is 0 Å². The number of Topliss-reactive ketones (excluding diaryl/α,β-unsaturated/α-hetero) is 1. The Morgan fingerprint density at radius 1 is 1.12 bits per heavy atom. The number of rotatable bonds is 6. The van der Waals surface area contributed by atoms with Gasteiger partial charge in [-0.3, -0.25) is 9.59 Å². The number of hydrogen-bond acceptors (Lipinski definition) is 4. The lowest BCUT2D eigenvalue weighted by atomic mass is 9.96. The summed E-state index contributed by atoms with van der Waals surface area (Å²) in [5.74, 6) is 0.286. The van der Waals surface area contributed by atoms with Crippen LogP contribution in [0.4, 0.5) is 0 Å². The van der Waals surface area contributed by atoms with Crippen LogP contribution < -0.4 is 4.74 Å². The van der Waals surface area contributed by atoms with Crippen LogP contribution in [0.5, 0.6) is 5.75 Å². The Morgan fingerprint density at radius 3 is 2.36 bits per heavy atom. The van der Waals surface area contributed by atoms with E-state index in [1.807, 2.05) is 12.1 Å². The third-order valence-corrected chi connectivity index (χ3v) is 4.84. The normalized spacial score (nSPS) is 14.7. The number of benzene rings is 2. The first-order valence-electron chi connectivity index (χ1n) is 8.07. The molecule has 3 rings (SSSR count). The van der Waals surface area contributed by atoms with Gasteiger partial charge in [0.05, 0.1) is 12.5 Å². The molecule has 2 aromatic carbocycles. The molecule has 0 N–H and O–H groups in total. The van der Waals surface area contributed by atoms with Gasteiger partial charge in [-0.25, -0.2) is 0 Å². The highest BCUT2D eigenvalue weighted by Gasteiger charge is 2.52. The Labute approximate surface area is 151 Å². The summed E-state index contributed by atoms with van der Waals surface area (Å²) < 4.78 is 10.8. The van der Waals surface area contributed by atoms with Gasteiger partial charge in [0.2, 0.25) is 0 Å². The zero-order chi connectivity index (χ0) is 18.0. The van der Waals surface area contributed by atoms with Crippen LogP contribution in [0.15, 0.2) is 42.5 Å². The molecule has 0 aromatic heterocycles. The SMILES string of the molecule is COc1ccc(C(C)=O)cc1COC(=O)C1(c2ccc(Cl)cc2)CC1. The molecule has 1 fully saturated rings. The topological polar surface area (TPSA) is 52.6 Å². The van der Waals surface area contributed by atoms with E-state index in [0.29, 0.717) is 21.9 Å². The number of ketones is 1. The molecule has 0 amide bonds. The summed E-state index contributed by atoms with van der Waals surface area (Å²) in [4.78, 5) is 24.2. The first-order chi connectivity index (χ1) is 12.0. The van der Waals surface area contributed by atoms with Crippen molar-refractivity contribution in [2.24, 2.45) is 0 Å². The summed E-state index contributed by atoms with van der Waals surface area (Å²) in [7, 11) is 1.55. The minimum Gasteiger partial charge on any atom is -0.496 e. The van der Waals surface area contributed by atoms with Gasteiger partial charge in [-0.05, 0) is 55.7 Å². The first kappa shape index (κ1) is 17.5. The Kier molecular flexibility index (Phi) is 4.82. The van der Waals surface area contributed by atoms with Crippen molar-refractivity contribution in [3.63, 3.8) is 0 Å². The summed E-state index contributed by atoms with van der Waals surface area (Å²) in [5.41, 5.74) is 1.59. The molecule has 0 radical (unpaired) electrons. The Hall–Kier alpha value is -2.33. The molecule has 25 heavy (non-hydrogen) atoms. The van der Waals surface area contributed by atoms with Crippen LogP contribution in [0.2, 0.25) is 5.02 Å². The van der Waals surface area contributed by atoms with Gasteiger partial charge in [0.15, 0.2) is 5.78 Å². The Bertz CT molecular complexity index is 807. The van der Waals surface area contributed by atoms with E-state index in [1.54, 1.807) is 37.4 Å². The van der Waals surface area contributed by atoms with E-state index in [9.17, 15) is 9.59 Å². The van der Waals surface area contributed by atoms with Crippen molar-refractivity contribution in [1.29, 1.82) is 0 Å². The molecule has 4 nitrogen and oxygen atoms in total. The lowest BCUT2D eigenvalue weighted by Gasteiger charge is -2.16. The number of carbonyl (C=O) groups is 2. The standard InChI is InChI=1S/C20H19ClO4/c1-13(22)14-3-8-18(24-2)15(11-14)12-25-19(23)20(9-10-20)16-4-6-17(21)7-5-16/h3-8,11H,9-10,12H2,1-2H3. The summed E-state index contributed by atoms with van der Waals surface area (Å²) in [6, 6.07) is 12.4. The monoisotopic (exact) mass is 358 g/mol. The van der Waals surface area contributed by atoms with Crippen molar-refractivity contribution in [1.82, 2.24) is 0 Å². The Morgan fingerprint density at radius 2 is 1.80 bits per heavy atom. The van der Waals surface area contributed by atoms with Crippen molar-refractivity contribution in [2.75, 3.05) is 7.11 Å². The average Bonchev–Trinajstić information content (AvgIpc) is 3.41. The maximum absolute atomic E-state index is 12.6. The maximum atomic E-state index is 12.6. The predicted octanol–water partition coefficient (Wildman–Crippen LogP) is 4.33. The van der Waals surface area contributed by atoms with E-state index in [4.69, 9.17) is 21.1 Å². The molecule has 0 heterocycles. The van der Waals surface area contributed by atoms with Gasteiger partial charge in [0.1, 0.15) is 12.4 Å². The van der Waals surface area contributed by atoms with Gasteiger partial charge in [-0.15, -0.1) is 0 Å². The van der Waals surface area contributed by atoms with Crippen molar-refractivity contribution < 1.29 is 19.1 Å². The third-order valence-electron chi connectivity index (χ3n) is 4.58. The molecular formula is C20H19ClO4. The van der Waals surface area contributed by atoms with E-state index in [1.165, 1.54) is 6.92 Å².